The topological polar surface area (TPSA) is 26.0 Å². The molecule has 0 saturated heterocycles. The Labute approximate surface area is 111 Å². The third kappa shape index (κ3) is 2.53. The summed E-state index contributed by atoms with van der Waals surface area (Å²) < 4.78 is 2.28. The average molecular weight is 362 g/mol. The zero-order valence-electron chi connectivity index (χ0n) is 7.50. The SMILES string of the molecule is Cl.N[C@@H](c1cc(Br)c(Br)s1)C1CCC1. The maximum Gasteiger partial charge on any atom is 0.0843 e. The van der Waals surface area contributed by atoms with Crippen LogP contribution in [0.15, 0.2) is 14.3 Å². The molecule has 0 radical (unpaired) electrons. The van der Waals surface area contributed by atoms with Gasteiger partial charge in [0, 0.05) is 15.4 Å². The fourth-order valence-corrected chi connectivity index (χ4v) is 3.74. The van der Waals surface area contributed by atoms with Crippen LogP contribution in [-0.4, -0.2) is 0 Å². The predicted octanol–water partition coefficient (Wildman–Crippen LogP) is 4.49. The lowest BCUT2D eigenvalue weighted by Gasteiger charge is -2.30. The summed E-state index contributed by atoms with van der Waals surface area (Å²) in [6.45, 7) is 0. The number of rotatable bonds is 2. The second-order valence-electron chi connectivity index (χ2n) is 3.49. The Morgan fingerprint density at radius 2 is 2.07 bits per heavy atom. The summed E-state index contributed by atoms with van der Waals surface area (Å²) in [4.78, 5) is 1.29. The monoisotopic (exact) mass is 359 g/mol. The maximum absolute atomic E-state index is 6.15. The second kappa shape index (κ2) is 5.30. The van der Waals surface area contributed by atoms with Gasteiger partial charge in [0.25, 0.3) is 0 Å². The molecule has 0 amide bonds. The molecule has 1 aliphatic carbocycles. The molecule has 1 aromatic heterocycles. The van der Waals surface area contributed by atoms with Crippen LogP contribution >= 0.6 is 55.6 Å². The fourth-order valence-electron chi connectivity index (χ4n) is 1.56. The van der Waals surface area contributed by atoms with Gasteiger partial charge < -0.3 is 5.73 Å². The molecule has 5 heteroatoms. The quantitative estimate of drug-likeness (QED) is 0.825. The minimum Gasteiger partial charge on any atom is -0.323 e. The van der Waals surface area contributed by atoms with Crippen LogP contribution in [0.2, 0.25) is 0 Å². The lowest BCUT2D eigenvalue weighted by Crippen LogP contribution is -2.25. The summed E-state index contributed by atoms with van der Waals surface area (Å²) in [6.07, 6.45) is 3.95. The molecular formula is C9H12Br2ClNS. The third-order valence-electron chi connectivity index (χ3n) is 2.65. The highest BCUT2D eigenvalue weighted by molar-refractivity contribution is 9.13. The van der Waals surface area contributed by atoms with E-state index in [0.29, 0.717) is 0 Å². The Kier molecular flexibility index (Phi) is 4.91. The molecule has 1 heterocycles. The zero-order valence-corrected chi connectivity index (χ0v) is 12.3. The molecule has 0 aromatic carbocycles. The summed E-state index contributed by atoms with van der Waals surface area (Å²) in [5.41, 5.74) is 6.15. The van der Waals surface area contributed by atoms with Gasteiger partial charge in [0.2, 0.25) is 0 Å². The van der Waals surface area contributed by atoms with Crippen LogP contribution in [0.5, 0.6) is 0 Å². The van der Waals surface area contributed by atoms with Crippen molar-refractivity contribution in [2.24, 2.45) is 11.7 Å². The van der Waals surface area contributed by atoms with Crippen molar-refractivity contribution in [3.8, 4) is 0 Å². The largest absolute Gasteiger partial charge is 0.323 e. The Bertz CT molecular complexity index is 292. The van der Waals surface area contributed by atoms with Crippen LogP contribution in [0.1, 0.15) is 30.2 Å². The van der Waals surface area contributed by atoms with Gasteiger partial charge in [-0.3, -0.25) is 0 Å². The van der Waals surface area contributed by atoms with E-state index in [0.717, 1.165) is 14.2 Å². The van der Waals surface area contributed by atoms with E-state index in [9.17, 15) is 0 Å². The second-order valence-corrected chi connectivity index (χ2v) is 6.74. The van der Waals surface area contributed by atoms with Crippen molar-refractivity contribution in [1.82, 2.24) is 0 Å². The first-order valence-electron chi connectivity index (χ1n) is 4.39. The van der Waals surface area contributed by atoms with Crippen LogP contribution in [0.4, 0.5) is 0 Å². The molecule has 14 heavy (non-hydrogen) atoms. The van der Waals surface area contributed by atoms with Crippen LogP contribution in [0.3, 0.4) is 0 Å². The van der Waals surface area contributed by atoms with Gasteiger partial charge in [-0.05, 0) is 56.7 Å². The Morgan fingerprint density at radius 1 is 1.43 bits per heavy atom. The molecule has 0 aliphatic heterocycles. The van der Waals surface area contributed by atoms with Gasteiger partial charge in [0.15, 0.2) is 0 Å². The minimum absolute atomic E-state index is 0. The van der Waals surface area contributed by atoms with E-state index >= 15 is 0 Å². The summed E-state index contributed by atoms with van der Waals surface area (Å²) >= 11 is 8.72. The highest BCUT2D eigenvalue weighted by atomic mass is 79.9. The summed E-state index contributed by atoms with van der Waals surface area (Å²) in [5.74, 6) is 0.720. The van der Waals surface area contributed by atoms with E-state index in [1.807, 2.05) is 0 Å². The predicted molar refractivity (Wildman–Crippen MR) is 71.2 cm³/mol. The van der Waals surface area contributed by atoms with Gasteiger partial charge in [0.05, 0.1) is 3.79 Å². The molecule has 0 unspecified atom stereocenters. The normalized spacial score (nSPS) is 18.5. The summed E-state index contributed by atoms with van der Waals surface area (Å²) in [6, 6.07) is 2.39. The first kappa shape index (κ1) is 13.0. The van der Waals surface area contributed by atoms with Gasteiger partial charge >= 0.3 is 0 Å². The molecule has 0 bridgehead atoms. The molecule has 2 N–H and O–H groups in total. The minimum atomic E-state index is 0. The number of thiophene rings is 1. The van der Waals surface area contributed by atoms with Crippen molar-refractivity contribution in [2.75, 3.05) is 0 Å². The van der Waals surface area contributed by atoms with Crippen molar-refractivity contribution in [2.45, 2.75) is 25.3 Å². The van der Waals surface area contributed by atoms with E-state index in [1.54, 1.807) is 11.3 Å². The lowest BCUT2D eigenvalue weighted by molar-refractivity contribution is 0.267. The van der Waals surface area contributed by atoms with Crippen molar-refractivity contribution < 1.29 is 0 Å². The summed E-state index contributed by atoms with van der Waals surface area (Å²) in [7, 11) is 0. The van der Waals surface area contributed by atoms with Crippen LogP contribution in [0, 0.1) is 5.92 Å². The number of hydrogen-bond acceptors (Lipinski definition) is 2. The van der Waals surface area contributed by atoms with E-state index < -0.39 is 0 Å². The smallest absolute Gasteiger partial charge is 0.0843 e. The Morgan fingerprint density at radius 3 is 2.43 bits per heavy atom. The highest BCUT2D eigenvalue weighted by Crippen LogP contribution is 2.42. The molecule has 2 rings (SSSR count). The maximum atomic E-state index is 6.15. The van der Waals surface area contributed by atoms with Gasteiger partial charge in [-0.2, -0.15) is 0 Å². The van der Waals surface area contributed by atoms with E-state index in [2.05, 4.69) is 37.9 Å². The molecule has 1 nitrogen and oxygen atoms in total. The molecular weight excluding hydrogens is 349 g/mol. The number of hydrogen-bond donors (Lipinski definition) is 1. The molecule has 80 valence electrons. The molecule has 1 fully saturated rings. The summed E-state index contributed by atoms with van der Waals surface area (Å²) in [5, 5.41) is 0. The van der Waals surface area contributed by atoms with Crippen molar-refractivity contribution >= 4 is 55.6 Å². The Hall–Kier alpha value is 0.910. The van der Waals surface area contributed by atoms with Gasteiger partial charge in [-0.1, -0.05) is 6.42 Å². The third-order valence-corrected chi connectivity index (χ3v) is 6.01. The first-order chi connectivity index (χ1) is 6.18. The molecule has 1 saturated carbocycles. The van der Waals surface area contributed by atoms with E-state index in [1.165, 1.54) is 24.1 Å². The van der Waals surface area contributed by atoms with Gasteiger partial charge in [-0.15, -0.1) is 23.7 Å². The van der Waals surface area contributed by atoms with Gasteiger partial charge in [0.1, 0.15) is 0 Å². The molecule has 1 aliphatic rings. The first-order valence-corrected chi connectivity index (χ1v) is 6.79. The van der Waals surface area contributed by atoms with E-state index in [-0.39, 0.29) is 18.4 Å². The van der Waals surface area contributed by atoms with Crippen LogP contribution in [0.25, 0.3) is 0 Å². The van der Waals surface area contributed by atoms with Crippen LogP contribution < -0.4 is 5.73 Å². The average Bonchev–Trinajstić information content (AvgIpc) is 2.28. The van der Waals surface area contributed by atoms with Crippen molar-refractivity contribution in [3.05, 3.63) is 19.2 Å². The fraction of sp³-hybridized carbons (Fsp3) is 0.556. The van der Waals surface area contributed by atoms with Gasteiger partial charge in [-0.25, -0.2) is 0 Å². The highest BCUT2D eigenvalue weighted by Gasteiger charge is 2.26. The van der Waals surface area contributed by atoms with E-state index in [4.69, 9.17) is 5.73 Å². The number of halogens is 3. The zero-order chi connectivity index (χ0) is 9.42. The molecule has 1 aromatic rings. The van der Waals surface area contributed by atoms with Crippen molar-refractivity contribution in [1.29, 1.82) is 0 Å². The standard InChI is InChI=1S/C9H11Br2NS.ClH/c10-6-4-7(13-9(6)11)8(12)5-2-1-3-5;/h4-5,8H,1-3,12H2;1H/t8-;/m1./s1. The molecule has 0 spiro atoms. The molecule has 1 atom stereocenters. The lowest BCUT2D eigenvalue weighted by atomic mass is 9.79. The Balaban J connectivity index is 0.000000980. The van der Waals surface area contributed by atoms with Crippen LogP contribution in [-0.2, 0) is 0 Å². The van der Waals surface area contributed by atoms with Crippen molar-refractivity contribution in [3.63, 3.8) is 0 Å². The number of nitrogens with two attached hydrogens (primary N) is 1.